The van der Waals surface area contributed by atoms with Crippen molar-refractivity contribution in [1.82, 2.24) is 0 Å². The van der Waals surface area contributed by atoms with Gasteiger partial charge in [0, 0.05) is 32.5 Å². The highest BCUT2D eigenvalue weighted by atomic mass is 16.6. The Kier molecular flexibility index (Phi) is 52.8. The van der Waals surface area contributed by atoms with Crippen molar-refractivity contribution in [3.05, 3.63) is 109 Å². The van der Waals surface area contributed by atoms with Crippen LogP contribution in [0.25, 0.3) is 0 Å². The number of carbonyl (C=O) groups is 4. The molecule has 9 nitrogen and oxygen atoms in total. The molecule has 0 aliphatic heterocycles. The van der Waals surface area contributed by atoms with E-state index in [1.807, 2.05) is 13.8 Å². The van der Waals surface area contributed by atoms with E-state index in [2.05, 4.69) is 123 Å². The molecule has 0 saturated carbocycles. The number of hydrogen-bond acceptors (Lipinski definition) is 9. The molecule has 9 heteroatoms. The first kappa shape index (κ1) is 69.5. The minimum Gasteiger partial charge on any atom is -0.465 e. The van der Waals surface area contributed by atoms with Gasteiger partial charge in [-0.2, -0.15) is 0 Å². The topological polar surface area (TPSA) is 114 Å². The number of esters is 4. The fourth-order valence-corrected chi connectivity index (χ4v) is 7.66. The summed E-state index contributed by atoms with van der Waals surface area (Å²) in [7, 11) is 0. The molecule has 0 spiro atoms. The average molecular weight is 1030 g/mol. The van der Waals surface area contributed by atoms with Gasteiger partial charge in [0.25, 0.3) is 0 Å². The normalized spacial score (nSPS) is 13.2. The van der Waals surface area contributed by atoms with E-state index in [9.17, 15) is 19.2 Å². The highest BCUT2D eigenvalue weighted by Gasteiger charge is 2.45. The Morgan fingerprint density at radius 1 is 0.338 bits per heavy atom. The van der Waals surface area contributed by atoms with Crippen LogP contribution in [0.15, 0.2) is 109 Å². The quantitative estimate of drug-likeness (QED) is 0.0254. The molecule has 0 aliphatic rings. The molecule has 0 radical (unpaired) electrons. The summed E-state index contributed by atoms with van der Waals surface area (Å²) in [6, 6.07) is 0. The van der Waals surface area contributed by atoms with Crippen molar-refractivity contribution in [2.75, 3.05) is 39.6 Å². The van der Waals surface area contributed by atoms with E-state index in [0.29, 0.717) is 38.9 Å². The largest absolute Gasteiger partial charge is 0.465 e. The third-order valence-electron chi connectivity index (χ3n) is 12.3. The van der Waals surface area contributed by atoms with Gasteiger partial charge in [0.05, 0.1) is 6.61 Å². The Morgan fingerprint density at radius 2 is 0.649 bits per heavy atom. The predicted molar refractivity (Wildman–Crippen MR) is 310 cm³/mol. The summed E-state index contributed by atoms with van der Waals surface area (Å²) < 4.78 is 28.6. The van der Waals surface area contributed by atoms with Gasteiger partial charge in [-0.15, -0.1) is 0 Å². The van der Waals surface area contributed by atoms with E-state index in [-0.39, 0.29) is 25.9 Å². The van der Waals surface area contributed by atoms with Crippen LogP contribution in [0.1, 0.15) is 233 Å². The van der Waals surface area contributed by atoms with Crippen molar-refractivity contribution in [2.45, 2.75) is 233 Å². The van der Waals surface area contributed by atoms with Crippen LogP contribution in [0.4, 0.5) is 0 Å². The second kappa shape index (κ2) is 56.2. The first-order valence-corrected chi connectivity index (χ1v) is 29.4. The third-order valence-corrected chi connectivity index (χ3v) is 12.3. The lowest BCUT2D eigenvalue weighted by molar-refractivity contribution is -0.179. The molecule has 420 valence electrons. The zero-order valence-corrected chi connectivity index (χ0v) is 47.4. The molecule has 0 heterocycles. The van der Waals surface area contributed by atoms with Gasteiger partial charge in [0.2, 0.25) is 0 Å². The molecule has 0 saturated heterocycles. The summed E-state index contributed by atoms with van der Waals surface area (Å²) >= 11 is 0. The van der Waals surface area contributed by atoms with Gasteiger partial charge in [0.15, 0.2) is 5.41 Å². The molecule has 0 aromatic heterocycles. The number of ether oxygens (including phenoxy) is 5. The Morgan fingerprint density at radius 3 is 1.01 bits per heavy atom. The lowest BCUT2D eigenvalue weighted by Gasteiger charge is -2.30. The van der Waals surface area contributed by atoms with Crippen molar-refractivity contribution in [1.29, 1.82) is 0 Å². The zero-order valence-electron chi connectivity index (χ0n) is 47.4. The van der Waals surface area contributed by atoms with E-state index in [4.69, 9.17) is 23.7 Å². The molecule has 74 heavy (non-hydrogen) atoms. The summed E-state index contributed by atoms with van der Waals surface area (Å²) in [6.07, 6.45) is 67.5. The molecule has 0 bridgehead atoms. The summed E-state index contributed by atoms with van der Waals surface area (Å²) in [5.74, 6) is -2.07. The standard InChI is InChI=1S/C65H106O9/c1-5-9-12-15-18-21-24-27-30-33-36-39-42-45-49-54-62(67)73-59-65(64(69)71-57-52-47-51-56-70-8-4,58-72-61(66)53-48-44-41-38-35-32-29-26-23-20-17-14-11-7-3)60-74-63(68)55-50-46-43-40-37-34-31-28-25-22-19-16-13-10-6-2/h7,9-13,17-22,26-31H,5-6,8,14-16,23-25,32-60H2,1-4H3. The van der Waals surface area contributed by atoms with Gasteiger partial charge in [-0.25, -0.2) is 0 Å². The van der Waals surface area contributed by atoms with Crippen molar-refractivity contribution >= 4 is 23.9 Å². The van der Waals surface area contributed by atoms with Crippen molar-refractivity contribution in [3.63, 3.8) is 0 Å². The van der Waals surface area contributed by atoms with Gasteiger partial charge >= 0.3 is 23.9 Å². The van der Waals surface area contributed by atoms with Gasteiger partial charge in [-0.1, -0.05) is 181 Å². The average Bonchev–Trinajstić information content (AvgIpc) is 3.40. The minimum atomic E-state index is -1.70. The van der Waals surface area contributed by atoms with Crippen LogP contribution in [0.5, 0.6) is 0 Å². The van der Waals surface area contributed by atoms with Crippen molar-refractivity contribution < 1.29 is 42.9 Å². The maximum Gasteiger partial charge on any atom is 0.322 e. The number of rotatable bonds is 52. The van der Waals surface area contributed by atoms with Crippen molar-refractivity contribution in [3.8, 4) is 0 Å². The van der Waals surface area contributed by atoms with Gasteiger partial charge < -0.3 is 23.7 Å². The summed E-state index contributed by atoms with van der Waals surface area (Å²) in [5, 5.41) is 0. The Balaban J connectivity index is 5.44. The fourth-order valence-electron chi connectivity index (χ4n) is 7.66. The number of allylic oxidation sites excluding steroid dienone is 18. The molecule has 0 unspecified atom stereocenters. The fraction of sp³-hybridized carbons (Fsp3) is 0.662. The van der Waals surface area contributed by atoms with Gasteiger partial charge in [-0.3, -0.25) is 19.2 Å². The highest BCUT2D eigenvalue weighted by molar-refractivity contribution is 5.80. The highest BCUT2D eigenvalue weighted by Crippen LogP contribution is 2.25. The maximum absolute atomic E-state index is 14.1. The van der Waals surface area contributed by atoms with Crippen LogP contribution in [0.2, 0.25) is 0 Å². The van der Waals surface area contributed by atoms with E-state index >= 15 is 0 Å². The Labute approximate surface area is 452 Å². The third kappa shape index (κ3) is 48.4. The van der Waals surface area contributed by atoms with E-state index in [1.165, 1.54) is 0 Å². The van der Waals surface area contributed by atoms with Crippen LogP contribution < -0.4 is 0 Å². The second-order valence-corrected chi connectivity index (χ2v) is 19.1. The first-order chi connectivity index (χ1) is 36.3. The molecule has 0 aromatic rings. The van der Waals surface area contributed by atoms with E-state index < -0.39 is 49.1 Å². The van der Waals surface area contributed by atoms with Gasteiger partial charge in [-0.05, 0) is 142 Å². The molecular formula is C65H106O9. The molecule has 0 N–H and O–H groups in total. The van der Waals surface area contributed by atoms with Crippen LogP contribution in [0, 0.1) is 5.41 Å². The minimum absolute atomic E-state index is 0.125. The smallest absolute Gasteiger partial charge is 0.322 e. The molecular weight excluding hydrogens is 925 g/mol. The maximum atomic E-state index is 14.1. The van der Waals surface area contributed by atoms with Crippen LogP contribution in [0.3, 0.4) is 0 Å². The number of carbonyl (C=O) groups excluding carboxylic acids is 4. The second-order valence-electron chi connectivity index (χ2n) is 19.1. The monoisotopic (exact) mass is 1030 g/mol. The van der Waals surface area contributed by atoms with E-state index in [0.717, 1.165) is 161 Å². The van der Waals surface area contributed by atoms with Crippen molar-refractivity contribution in [2.24, 2.45) is 5.41 Å². The summed E-state index contributed by atoms with van der Waals surface area (Å²) in [5.41, 5.74) is -1.70. The molecule has 0 amide bonds. The summed E-state index contributed by atoms with van der Waals surface area (Å²) in [6.45, 7) is 8.40. The lowest BCUT2D eigenvalue weighted by Crippen LogP contribution is -2.47. The van der Waals surface area contributed by atoms with Crippen LogP contribution in [-0.4, -0.2) is 63.5 Å². The predicted octanol–water partition coefficient (Wildman–Crippen LogP) is 17.7. The molecule has 0 rings (SSSR count). The molecule has 0 atom stereocenters. The Hall–Kier alpha value is -4.50. The van der Waals surface area contributed by atoms with E-state index in [1.54, 1.807) is 0 Å². The lowest BCUT2D eigenvalue weighted by atomic mass is 9.91. The molecule has 0 aliphatic carbocycles. The zero-order chi connectivity index (χ0) is 53.9. The molecule has 0 aromatic carbocycles. The Bertz CT molecular complexity index is 1540. The molecule has 0 fully saturated rings. The SMILES string of the molecule is CC=CCC=CCC=CCCCCCCCC(=O)OCC(COC(=O)CCCCCCCC=CCC=CCC=CCC)(COC(=O)CCCCCCCC=CCC=CCC=CCC)C(=O)OCCCCCOCC. The number of unbranched alkanes of at least 4 members (excludes halogenated alkanes) is 17. The van der Waals surface area contributed by atoms with Crippen LogP contribution >= 0.6 is 0 Å². The summed E-state index contributed by atoms with van der Waals surface area (Å²) in [4.78, 5) is 53.7. The van der Waals surface area contributed by atoms with Crippen LogP contribution in [-0.2, 0) is 42.9 Å². The first-order valence-electron chi connectivity index (χ1n) is 29.4. The van der Waals surface area contributed by atoms with Gasteiger partial charge in [0.1, 0.15) is 19.8 Å². The number of hydrogen-bond donors (Lipinski definition) is 0.